The smallest absolute Gasteiger partial charge is 0.289 e. The summed E-state index contributed by atoms with van der Waals surface area (Å²) < 4.78 is 12.3. The van der Waals surface area contributed by atoms with Gasteiger partial charge in [0.05, 0.1) is 0 Å². The Labute approximate surface area is 173 Å². The molecule has 7 heteroatoms. The van der Waals surface area contributed by atoms with Crippen LogP contribution in [-0.4, -0.2) is 47.8 Å². The Morgan fingerprint density at radius 2 is 1.61 bits per heavy atom. The molecule has 2 aromatic rings. The van der Waals surface area contributed by atoms with Crippen LogP contribution < -0.4 is 4.74 Å². The van der Waals surface area contributed by atoms with E-state index in [1.807, 2.05) is 49.9 Å². The van der Waals surface area contributed by atoms with Crippen LogP contribution in [0.2, 0.25) is 0 Å². The molecule has 1 aromatic heterocycles. The number of piperazine rings is 1. The summed E-state index contributed by atoms with van der Waals surface area (Å²) in [5, 5.41) is 0. The molecule has 28 heavy (non-hydrogen) atoms. The van der Waals surface area contributed by atoms with Crippen molar-refractivity contribution in [3.8, 4) is 5.75 Å². The van der Waals surface area contributed by atoms with Crippen molar-refractivity contribution < 1.29 is 18.7 Å². The van der Waals surface area contributed by atoms with Gasteiger partial charge in [-0.2, -0.15) is 0 Å². The quantitative estimate of drug-likeness (QED) is 0.709. The van der Waals surface area contributed by atoms with Crippen molar-refractivity contribution in [1.29, 1.82) is 0 Å². The summed E-state index contributed by atoms with van der Waals surface area (Å²) in [4.78, 5) is 28.6. The van der Waals surface area contributed by atoms with Crippen LogP contribution in [0.15, 0.2) is 45.3 Å². The number of nitrogens with zero attached hydrogens (tertiary/aromatic N) is 2. The Bertz CT molecular complexity index is 831. The molecule has 0 atom stereocenters. The van der Waals surface area contributed by atoms with Crippen molar-refractivity contribution in [1.82, 2.24) is 9.80 Å². The van der Waals surface area contributed by atoms with E-state index < -0.39 is 5.41 Å². The van der Waals surface area contributed by atoms with Gasteiger partial charge >= 0.3 is 0 Å². The van der Waals surface area contributed by atoms with E-state index in [9.17, 15) is 9.59 Å². The Morgan fingerprint density at radius 1 is 1.00 bits per heavy atom. The molecule has 2 heterocycles. The van der Waals surface area contributed by atoms with Crippen molar-refractivity contribution in [2.75, 3.05) is 26.2 Å². The second kappa shape index (κ2) is 8.39. The molecule has 2 amide bonds. The lowest BCUT2D eigenvalue weighted by Crippen LogP contribution is -2.53. The first kappa shape index (κ1) is 20.5. The molecule has 0 bridgehead atoms. The molecule has 0 radical (unpaired) electrons. The minimum absolute atomic E-state index is 0.116. The first-order valence-corrected chi connectivity index (χ1v) is 10.1. The predicted molar refractivity (Wildman–Crippen MR) is 109 cm³/mol. The van der Waals surface area contributed by atoms with Gasteiger partial charge in [0.1, 0.15) is 18.1 Å². The van der Waals surface area contributed by atoms with Crippen molar-refractivity contribution in [3.63, 3.8) is 0 Å². The zero-order chi connectivity index (χ0) is 20.3. The number of carbonyl (C=O) groups excluding carboxylic acids is 2. The van der Waals surface area contributed by atoms with E-state index >= 15 is 0 Å². The molecular weight excluding hydrogens is 424 g/mol. The molecule has 0 aliphatic carbocycles. The van der Waals surface area contributed by atoms with Gasteiger partial charge in [-0.05, 0) is 36.4 Å². The van der Waals surface area contributed by atoms with E-state index in [1.165, 1.54) is 0 Å². The van der Waals surface area contributed by atoms with E-state index in [0.29, 0.717) is 37.7 Å². The van der Waals surface area contributed by atoms with E-state index in [2.05, 4.69) is 15.9 Å². The SMILES string of the molecule is CC(C)(C)C(=O)N1CCN(C(=O)c2ccc(COc3ccc(Br)cc3)o2)CC1. The summed E-state index contributed by atoms with van der Waals surface area (Å²) >= 11 is 3.38. The van der Waals surface area contributed by atoms with E-state index in [4.69, 9.17) is 9.15 Å². The summed E-state index contributed by atoms with van der Waals surface area (Å²) in [6, 6.07) is 10.9. The lowest BCUT2D eigenvalue weighted by atomic mass is 9.94. The van der Waals surface area contributed by atoms with E-state index in [0.717, 1.165) is 10.2 Å². The van der Waals surface area contributed by atoms with Crippen LogP contribution in [0.5, 0.6) is 5.75 Å². The average Bonchev–Trinajstić information content (AvgIpc) is 3.15. The molecule has 0 unspecified atom stereocenters. The minimum atomic E-state index is -0.406. The van der Waals surface area contributed by atoms with Crippen molar-refractivity contribution in [2.45, 2.75) is 27.4 Å². The molecule has 1 aromatic carbocycles. The lowest BCUT2D eigenvalue weighted by Gasteiger charge is -2.37. The number of amides is 2. The summed E-state index contributed by atoms with van der Waals surface area (Å²) in [7, 11) is 0. The van der Waals surface area contributed by atoms with Crippen molar-refractivity contribution in [3.05, 3.63) is 52.4 Å². The molecule has 1 aliphatic heterocycles. The normalized spacial score (nSPS) is 14.9. The molecular formula is C21H25BrN2O4. The van der Waals surface area contributed by atoms with Gasteiger partial charge in [0, 0.05) is 36.1 Å². The number of halogens is 1. The molecule has 0 N–H and O–H groups in total. The van der Waals surface area contributed by atoms with Gasteiger partial charge in [-0.3, -0.25) is 9.59 Å². The van der Waals surface area contributed by atoms with Crippen LogP contribution in [-0.2, 0) is 11.4 Å². The molecule has 0 spiro atoms. The fourth-order valence-electron chi connectivity index (χ4n) is 3.00. The Hall–Kier alpha value is -2.28. The van der Waals surface area contributed by atoms with Gasteiger partial charge in [0.15, 0.2) is 5.76 Å². The first-order valence-electron chi connectivity index (χ1n) is 9.30. The highest BCUT2D eigenvalue weighted by atomic mass is 79.9. The number of ether oxygens (including phenoxy) is 1. The Balaban J connectivity index is 1.53. The molecule has 3 rings (SSSR count). The fraction of sp³-hybridized carbons (Fsp3) is 0.429. The number of furan rings is 1. The molecule has 150 valence electrons. The maximum atomic E-state index is 12.7. The van der Waals surface area contributed by atoms with Crippen LogP contribution in [0.1, 0.15) is 37.1 Å². The lowest BCUT2D eigenvalue weighted by molar-refractivity contribution is -0.140. The van der Waals surface area contributed by atoms with Crippen LogP contribution >= 0.6 is 15.9 Å². The molecule has 1 saturated heterocycles. The van der Waals surface area contributed by atoms with Gasteiger partial charge in [-0.15, -0.1) is 0 Å². The highest BCUT2D eigenvalue weighted by Crippen LogP contribution is 2.21. The van der Waals surface area contributed by atoms with Gasteiger partial charge in [-0.25, -0.2) is 0 Å². The highest BCUT2D eigenvalue weighted by Gasteiger charge is 2.31. The summed E-state index contributed by atoms with van der Waals surface area (Å²) in [6.45, 7) is 8.08. The standard InChI is InChI=1S/C21H25BrN2O4/c1-21(2,3)20(26)24-12-10-23(11-13-24)19(25)18-9-8-17(28-18)14-27-16-6-4-15(22)5-7-16/h4-9H,10-14H2,1-3H3. The number of carbonyl (C=O) groups is 2. The summed E-state index contributed by atoms with van der Waals surface area (Å²) in [5.74, 6) is 1.58. The van der Waals surface area contributed by atoms with E-state index in [-0.39, 0.29) is 18.4 Å². The number of hydrogen-bond acceptors (Lipinski definition) is 4. The predicted octanol–water partition coefficient (Wildman–Crippen LogP) is 3.95. The Morgan fingerprint density at radius 3 is 2.21 bits per heavy atom. The number of rotatable bonds is 4. The maximum Gasteiger partial charge on any atom is 0.289 e. The monoisotopic (exact) mass is 448 g/mol. The third-order valence-corrected chi connectivity index (χ3v) is 5.09. The number of hydrogen-bond donors (Lipinski definition) is 0. The molecule has 6 nitrogen and oxygen atoms in total. The van der Waals surface area contributed by atoms with Crippen LogP contribution in [0.4, 0.5) is 0 Å². The first-order chi connectivity index (χ1) is 13.2. The van der Waals surface area contributed by atoms with Crippen LogP contribution in [0.25, 0.3) is 0 Å². The second-order valence-corrected chi connectivity index (χ2v) is 8.76. The molecule has 0 saturated carbocycles. The topological polar surface area (TPSA) is 63.0 Å². The minimum Gasteiger partial charge on any atom is -0.486 e. The average molecular weight is 449 g/mol. The summed E-state index contributed by atoms with van der Waals surface area (Å²) in [6.07, 6.45) is 0. The third-order valence-electron chi connectivity index (χ3n) is 4.56. The van der Waals surface area contributed by atoms with Gasteiger partial charge in [-0.1, -0.05) is 36.7 Å². The van der Waals surface area contributed by atoms with Crippen molar-refractivity contribution in [2.24, 2.45) is 5.41 Å². The van der Waals surface area contributed by atoms with Crippen LogP contribution in [0, 0.1) is 5.41 Å². The maximum absolute atomic E-state index is 12.7. The van der Waals surface area contributed by atoms with Gasteiger partial charge in [0.2, 0.25) is 5.91 Å². The van der Waals surface area contributed by atoms with Crippen LogP contribution in [0.3, 0.4) is 0 Å². The summed E-state index contributed by atoms with van der Waals surface area (Å²) in [5.41, 5.74) is -0.406. The van der Waals surface area contributed by atoms with Gasteiger partial charge < -0.3 is 19.0 Å². The highest BCUT2D eigenvalue weighted by molar-refractivity contribution is 9.10. The molecule has 1 fully saturated rings. The van der Waals surface area contributed by atoms with Gasteiger partial charge in [0.25, 0.3) is 5.91 Å². The van der Waals surface area contributed by atoms with E-state index in [1.54, 1.807) is 17.0 Å². The number of benzene rings is 1. The zero-order valence-electron chi connectivity index (χ0n) is 16.4. The largest absolute Gasteiger partial charge is 0.486 e. The van der Waals surface area contributed by atoms with Crippen molar-refractivity contribution >= 4 is 27.7 Å². The zero-order valence-corrected chi connectivity index (χ0v) is 18.0. The molecule has 1 aliphatic rings. The fourth-order valence-corrected chi connectivity index (χ4v) is 3.26. The second-order valence-electron chi connectivity index (χ2n) is 7.84. The third kappa shape index (κ3) is 4.95. The Kier molecular flexibility index (Phi) is 6.13.